The molecule has 3 rings (SSSR count). The zero-order valence-corrected chi connectivity index (χ0v) is 17.2. The highest BCUT2D eigenvalue weighted by Crippen LogP contribution is 2.22. The van der Waals surface area contributed by atoms with E-state index in [0.717, 1.165) is 34.6 Å². The fraction of sp³-hybridized carbons (Fsp3) is 0.208. The SMILES string of the molecule is Cc1cccc(C)c1OCCCOc1cccc(/C=N\NC(=O)c2ccncc2)c1. The van der Waals surface area contributed by atoms with Gasteiger partial charge in [0.15, 0.2) is 0 Å². The van der Waals surface area contributed by atoms with Gasteiger partial charge < -0.3 is 9.47 Å². The van der Waals surface area contributed by atoms with Gasteiger partial charge in [0.2, 0.25) is 0 Å². The minimum Gasteiger partial charge on any atom is -0.493 e. The van der Waals surface area contributed by atoms with Crippen molar-refractivity contribution in [1.82, 2.24) is 10.4 Å². The molecule has 6 nitrogen and oxygen atoms in total. The molecule has 0 aliphatic heterocycles. The van der Waals surface area contributed by atoms with Crippen molar-refractivity contribution in [3.05, 3.63) is 89.2 Å². The molecule has 0 saturated heterocycles. The first-order valence-corrected chi connectivity index (χ1v) is 9.79. The van der Waals surface area contributed by atoms with Gasteiger partial charge in [0.1, 0.15) is 11.5 Å². The van der Waals surface area contributed by atoms with E-state index in [9.17, 15) is 4.79 Å². The Hall–Kier alpha value is -3.67. The van der Waals surface area contributed by atoms with Crippen LogP contribution in [0.15, 0.2) is 72.1 Å². The lowest BCUT2D eigenvalue weighted by atomic mass is 10.1. The monoisotopic (exact) mass is 403 g/mol. The van der Waals surface area contributed by atoms with Crippen LogP contribution in [0.2, 0.25) is 0 Å². The van der Waals surface area contributed by atoms with E-state index in [4.69, 9.17) is 9.47 Å². The summed E-state index contributed by atoms with van der Waals surface area (Å²) in [5.74, 6) is 1.40. The molecule has 0 aliphatic rings. The molecule has 0 aliphatic carbocycles. The number of nitrogens with zero attached hydrogens (tertiary/aromatic N) is 2. The summed E-state index contributed by atoms with van der Waals surface area (Å²) in [6.45, 7) is 5.23. The molecule has 0 atom stereocenters. The Morgan fingerprint density at radius 3 is 2.47 bits per heavy atom. The van der Waals surface area contributed by atoms with E-state index < -0.39 is 0 Å². The van der Waals surface area contributed by atoms with Crippen molar-refractivity contribution in [2.24, 2.45) is 5.10 Å². The van der Waals surface area contributed by atoms with E-state index in [0.29, 0.717) is 18.8 Å². The van der Waals surface area contributed by atoms with Crippen LogP contribution < -0.4 is 14.9 Å². The van der Waals surface area contributed by atoms with Crippen molar-refractivity contribution < 1.29 is 14.3 Å². The predicted molar refractivity (Wildman–Crippen MR) is 117 cm³/mol. The van der Waals surface area contributed by atoms with Gasteiger partial charge in [0.25, 0.3) is 5.91 Å². The number of benzene rings is 2. The van der Waals surface area contributed by atoms with Crippen LogP contribution in [0.25, 0.3) is 0 Å². The molecular weight excluding hydrogens is 378 g/mol. The van der Waals surface area contributed by atoms with E-state index >= 15 is 0 Å². The maximum absolute atomic E-state index is 12.0. The van der Waals surface area contributed by atoms with Gasteiger partial charge in [-0.05, 0) is 54.8 Å². The summed E-state index contributed by atoms with van der Waals surface area (Å²) < 4.78 is 11.7. The number of carbonyl (C=O) groups is 1. The molecule has 6 heteroatoms. The fourth-order valence-corrected chi connectivity index (χ4v) is 2.87. The number of hydrogen-bond acceptors (Lipinski definition) is 5. The fourth-order valence-electron chi connectivity index (χ4n) is 2.87. The number of pyridine rings is 1. The zero-order chi connectivity index (χ0) is 21.2. The molecule has 154 valence electrons. The van der Waals surface area contributed by atoms with E-state index in [1.807, 2.05) is 56.3 Å². The maximum Gasteiger partial charge on any atom is 0.271 e. The van der Waals surface area contributed by atoms with Gasteiger partial charge >= 0.3 is 0 Å². The quantitative estimate of drug-likeness (QED) is 0.328. The number of ether oxygens (including phenoxy) is 2. The van der Waals surface area contributed by atoms with Crippen molar-refractivity contribution in [3.8, 4) is 11.5 Å². The van der Waals surface area contributed by atoms with Crippen LogP contribution in [0.3, 0.4) is 0 Å². The summed E-state index contributed by atoms with van der Waals surface area (Å²) in [7, 11) is 0. The number of rotatable bonds is 9. The second kappa shape index (κ2) is 10.8. The summed E-state index contributed by atoms with van der Waals surface area (Å²) in [6, 6.07) is 16.9. The van der Waals surface area contributed by atoms with Gasteiger partial charge in [-0.2, -0.15) is 5.10 Å². The van der Waals surface area contributed by atoms with Crippen molar-refractivity contribution in [2.75, 3.05) is 13.2 Å². The third-order valence-electron chi connectivity index (χ3n) is 4.39. The highest BCUT2D eigenvalue weighted by Gasteiger charge is 2.04. The third-order valence-corrected chi connectivity index (χ3v) is 4.39. The Bertz CT molecular complexity index is 983. The van der Waals surface area contributed by atoms with Crippen molar-refractivity contribution in [1.29, 1.82) is 0 Å². The number of hydrazone groups is 1. The Morgan fingerprint density at radius 1 is 1.00 bits per heavy atom. The molecule has 0 spiro atoms. The van der Waals surface area contributed by atoms with Gasteiger partial charge in [-0.3, -0.25) is 9.78 Å². The minimum atomic E-state index is -0.287. The Kier molecular flexibility index (Phi) is 7.55. The molecule has 2 aromatic carbocycles. The van der Waals surface area contributed by atoms with Gasteiger partial charge in [-0.15, -0.1) is 0 Å². The largest absolute Gasteiger partial charge is 0.493 e. The first-order chi connectivity index (χ1) is 14.6. The zero-order valence-electron chi connectivity index (χ0n) is 17.2. The summed E-state index contributed by atoms with van der Waals surface area (Å²) in [5, 5.41) is 4.00. The number of para-hydroxylation sites is 1. The molecule has 0 fully saturated rings. The third kappa shape index (κ3) is 6.17. The molecule has 30 heavy (non-hydrogen) atoms. The number of aromatic nitrogens is 1. The van der Waals surface area contributed by atoms with Crippen LogP contribution in [-0.4, -0.2) is 30.3 Å². The van der Waals surface area contributed by atoms with E-state index in [1.165, 1.54) is 0 Å². The van der Waals surface area contributed by atoms with Gasteiger partial charge in [0, 0.05) is 24.4 Å². The van der Waals surface area contributed by atoms with Gasteiger partial charge in [-0.1, -0.05) is 30.3 Å². The molecule has 0 radical (unpaired) electrons. The van der Waals surface area contributed by atoms with E-state index in [1.54, 1.807) is 30.7 Å². The lowest BCUT2D eigenvalue weighted by molar-refractivity contribution is 0.0955. The standard InChI is InChI=1S/C24H25N3O3/c1-18-6-3-7-19(2)23(18)30-15-5-14-29-22-9-4-8-20(16-22)17-26-27-24(28)21-10-12-25-13-11-21/h3-4,6-13,16-17H,5,14-15H2,1-2H3,(H,27,28)/b26-17-. The van der Waals surface area contributed by atoms with Crippen molar-refractivity contribution >= 4 is 12.1 Å². The number of aryl methyl sites for hydroxylation is 2. The Morgan fingerprint density at radius 2 is 1.70 bits per heavy atom. The van der Waals surface area contributed by atoms with Crippen LogP contribution in [-0.2, 0) is 0 Å². The van der Waals surface area contributed by atoms with E-state index in [-0.39, 0.29) is 5.91 Å². The average Bonchev–Trinajstić information content (AvgIpc) is 2.76. The van der Waals surface area contributed by atoms with Crippen LogP contribution in [0.5, 0.6) is 11.5 Å². The second-order valence-electron chi connectivity index (χ2n) is 6.78. The highest BCUT2D eigenvalue weighted by atomic mass is 16.5. The first-order valence-electron chi connectivity index (χ1n) is 9.79. The molecule has 1 N–H and O–H groups in total. The number of hydrogen-bond donors (Lipinski definition) is 1. The van der Waals surface area contributed by atoms with Crippen LogP contribution >= 0.6 is 0 Å². The predicted octanol–water partition coefficient (Wildman–Crippen LogP) is 4.31. The summed E-state index contributed by atoms with van der Waals surface area (Å²) in [6.07, 6.45) is 5.48. The molecule has 3 aromatic rings. The molecule has 0 unspecified atom stereocenters. The van der Waals surface area contributed by atoms with Gasteiger partial charge in [0.05, 0.1) is 19.4 Å². The first kappa shape index (κ1) is 21.0. The maximum atomic E-state index is 12.0. The Labute approximate surface area is 176 Å². The van der Waals surface area contributed by atoms with E-state index in [2.05, 4.69) is 15.5 Å². The summed E-state index contributed by atoms with van der Waals surface area (Å²) in [5.41, 5.74) is 6.10. The van der Waals surface area contributed by atoms with Crippen molar-refractivity contribution in [2.45, 2.75) is 20.3 Å². The molecule has 1 amide bonds. The van der Waals surface area contributed by atoms with Gasteiger partial charge in [-0.25, -0.2) is 5.43 Å². The minimum absolute atomic E-state index is 0.287. The molecule has 0 saturated carbocycles. The van der Waals surface area contributed by atoms with Crippen LogP contribution in [0.4, 0.5) is 0 Å². The van der Waals surface area contributed by atoms with Crippen molar-refractivity contribution in [3.63, 3.8) is 0 Å². The number of amides is 1. The lowest BCUT2D eigenvalue weighted by Gasteiger charge is -2.12. The topological polar surface area (TPSA) is 72.8 Å². The molecule has 0 bridgehead atoms. The number of carbonyl (C=O) groups excluding carboxylic acids is 1. The summed E-state index contributed by atoms with van der Waals surface area (Å²) >= 11 is 0. The summed E-state index contributed by atoms with van der Waals surface area (Å²) in [4.78, 5) is 15.8. The lowest BCUT2D eigenvalue weighted by Crippen LogP contribution is -2.17. The average molecular weight is 403 g/mol. The van der Waals surface area contributed by atoms with Crippen LogP contribution in [0.1, 0.15) is 33.5 Å². The molecule has 1 aromatic heterocycles. The highest BCUT2D eigenvalue weighted by molar-refractivity contribution is 5.94. The molecule has 1 heterocycles. The Balaban J connectivity index is 1.43. The smallest absolute Gasteiger partial charge is 0.271 e. The molecular formula is C24H25N3O3. The second-order valence-corrected chi connectivity index (χ2v) is 6.78. The normalized spacial score (nSPS) is 10.7. The number of nitrogens with one attached hydrogen (secondary N) is 1. The van der Waals surface area contributed by atoms with Crippen LogP contribution in [0, 0.1) is 13.8 Å².